The van der Waals surface area contributed by atoms with E-state index >= 15 is 0 Å². The quantitative estimate of drug-likeness (QED) is 0.135. The molecule has 8 aliphatic carbocycles. The van der Waals surface area contributed by atoms with Crippen molar-refractivity contribution in [1.82, 2.24) is 0 Å². The molecule has 6 bridgehead atoms. The van der Waals surface area contributed by atoms with Crippen LogP contribution in [0.25, 0.3) is 0 Å². The Hall–Kier alpha value is -1.19. The number of hydrogen-bond donors (Lipinski definition) is 4. The molecular formula is C58H88O11S. The Labute approximate surface area is 419 Å². The Morgan fingerprint density at radius 3 is 2.16 bits per heavy atom. The van der Waals surface area contributed by atoms with E-state index in [0.29, 0.717) is 55.0 Å². The molecule has 4 saturated carbocycles. The maximum absolute atomic E-state index is 12.6. The Morgan fingerprint density at radius 2 is 1.49 bits per heavy atom. The zero-order chi connectivity index (χ0) is 50.0. The topological polar surface area (TPSA) is 161 Å². The Kier molecular flexibility index (Phi) is 10.8. The number of aliphatic hydroxyl groups excluding tert-OH is 1. The van der Waals surface area contributed by atoms with Gasteiger partial charge in [0, 0.05) is 34.0 Å². The van der Waals surface area contributed by atoms with Crippen LogP contribution in [0.15, 0.2) is 33.9 Å². The summed E-state index contributed by atoms with van der Waals surface area (Å²) in [5.74, 6) is -0.282. The van der Waals surface area contributed by atoms with Crippen LogP contribution in [0.2, 0.25) is 0 Å². The molecule has 70 heavy (non-hydrogen) atoms. The van der Waals surface area contributed by atoms with Crippen LogP contribution in [0.3, 0.4) is 0 Å². The first-order valence-corrected chi connectivity index (χ1v) is 29.4. The number of allylic oxidation sites excluding steroid dienone is 2. The molecule has 4 N–H and O–H groups in total. The summed E-state index contributed by atoms with van der Waals surface area (Å²) in [4.78, 5) is 0. The molecule has 0 aromatic rings. The monoisotopic (exact) mass is 993 g/mol. The molecule has 2 spiro atoms. The van der Waals surface area contributed by atoms with E-state index in [1.54, 1.807) is 11.1 Å². The molecule has 10 fully saturated rings. The van der Waals surface area contributed by atoms with Gasteiger partial charge in [0.25, 0.3) is 0 Å². The maximum Gasteiger partial charge on any atom is 0.397 e. The molecule has 14 aliphatic rings. The molecule has 14 rings (SSSR count). The number of ether oxygens (including phenoxy) is 4. The van der Waals surface area contributed by atoms with Gasteiger partial charge in [0.15, 0.2) is 11.6 Å². The van der Waals surface area contributed by atoms with Crippen molar-refractivity contribution in [2.45, 2.75) is 233 Å². The van der Waals surface area contributed by atoms with Crippen LogP contribution in [0.5, 0.6) is 0 Å². The van der Waals surface area contributed by atoms with Gasteiger partial charge in [-0.3, -0.25) is 4.55 Å². The van der Waals surface area contributed by atoms with Crippen LogP contribution >= 0.6 is 0 Å². The van der Waals surface area contributed by atoms with E-state index in [2.05, 4.69) is 68.4 Å². The van der Waals surface area contributed by atoms with Crippen molar-refractivity contribution in [3.63, 3.8) is 0 Å². The van der Waals surface area contributed by atoms with Gasteiger partial charge >= 0.3 is 10.4 Å². The average Bonchev–Trinajstić information content (AvgIpc) is 3.85. The zero-order valence-corrected chi connectivity index (χ0v) is 45.3. The summed E-state index contributed by atoms with van der Waals surface area (Å²) < 4.78 is 68.4. The number of hydrogen-bond acceptors (Lipinski definition) is 10. The van der Waals surface area contributed by atoms with Crippen molar-refractivity contribution in [2.75, 3.05) is 13.2 Å². The third-order valence-corrected chi connectivity index (χ3v) is 25.4. The molecule has 0 radical (unpaired) electrons. The molecule has 0 aromatic heterocycles. The highest BCUT2D eigenvalue weighted by Crippen LogP contribution is 2.74. The van der Waals surface area contributed by atoms with Crippen LogP contribution in [0.4, 0.5) is 0 Å². The van der Waals surface area contributed by atoms with Gasteiger partial charge in [-0.25, -0.2) is 4.18 Å². The fourth-order valence-electron chi connectivity index (χ4n) is 21.4. The van der Waals surface area contributed by atoms with E-state index in [4.69, 9.17) is 23.1 Å². The van der Waals surface area contributed by atoms with E-state index in [1.807, 2.05) is 13.8 Å². The Bertz CT molecular complexity index is 2410. The minimum atomic E-state index is -4.81. The van der Waals surface area contributed by atoms with Crippen LogP contribution in [-0.4, -0.2) is 88.7 Å². The van der Waals surface area contributed by atoms with E-state index in [1.165, 1.54) is 36.0 Å². The predicted molar refractivity (Wildman–Crippen MR) is 265 cm³/mol. The molecule has 12 heteroatoms. The van der Waals surface area contributed by atoms with Crippen molar-refractivity contribution in [1.29, 1.82) is 0 Å². The van der Waals surface area contributed by atoms with E-state index in [0.717, 1.165) is 70.6 Å². The number of rotatable bonds is 8. The summed E-state index contributed by atoms with van der Waals surface area (Å²) in [7, 11) is -4.81. The summed E-state index contributed by atoms with van der Waals surface area (Å²) in [6.07, 6.45) is 16.8. The van der Waals surface area contributed by atoms with E-state index in [-0.39, 0.29) is 64.0 Å². The van der Waals surface area contributed by atoms with Crippen LogP contribution in [-0.2, 0) is 33.5 Å². The van der Waals surface area contributed by atoms with Crippen molar-refractivity contribution in [3.05, 3.63) is 33.9 Å². The fraction of sp³-hybridized carbons (Fsp3) is 0.897. The molecule has 392 valence electrons. The van der Waals surface area contributed by atoms with Gasteiger partial charge in [-0.1, -0.05) is 89.3 Å². The molecule has 19 atom stereocenters. The molecule has 0 unspecified atom stereocenters. The fourth-order valence-corrected chi connectivity index (χ4v) is 21.9. The third-order valence-electron chi connectivity index (χ3n) is 24.9. The first-order chi connectivity index (χ1) is 32.5. The SMILES string of the molecule is C[C@@H]([C@H]1CC[C@H]2C3=C(CC[C@]12C)[C@@]12CO[C@@](O)([C@@H](O)C1)C(C)(C)[C@@H]2[C@@H](OS(=O)(=O)O)C3)[C@H]1C[C@@H]2C[C@@](C)(OC2(C)C)[C@H](CC[C@@H](C)[C@H]2CC[C@H]3C4=C(CC[C@]23C)[C@]23CC[C@](O)(OC2)C(C)(C)C3=CC4)O1. The second kappa shape index (κ2) is 15.3. The lowest BCUT2D eigenvalue weighted by Gasteiger charge is -2.69. The molecular weight excluding hydrogens is 905 g/mol. The summed E-state index contributed by atoms with van der Waals surface area (Å²) >= 11 is 0. The number of fused-ring (bicyclic) bond motifs is 10. The van der Waals surface area contributed by atoms with Crippen molar-refractivity contribution in [3.8, 4) is 0 Å². The van der Waals surface area contributed by atoms with Crippen molar-refractivity contribution >= 4 is 10.4 Å². The molecule has 0 aromatic carbocycles. The molecule has 11 nitrogen and oxygen atoms in total. The van der Waals surface area contributed by atoms with Gasteiger partial charge in [-0.15, -0.1) is 0 Å². The minimum Gasteiger partial charge on any atom is -0.387 e. The largest absolute Gasteiger partial charge is 0.397 e. The highest BCUT2D eigenvalue weighted by Gasteiger charge is 2.75. The highest BCUT2D eigenvalue weighted by atomic mass is 32.3. The summed E-state index contributed by atoms with van der Waals surface area (Å²) in [5, 5.41) is 34.8. The Balaban J connectivity index is 0.782. The first kappa shape index (κ1) is 49.7. The van der Waals surface area contributed by atoms with E-state index in [9.17, 15) is 28.3 Å². The normalized spacial score (nSPS) is 52.2. The predicted octanol–water partition coefficient (Wildman–Crippen LogP) is 10.6. The van der Waals surface area contributed by atoms with Crippen LogP contribution in [0.1, 0.15) is 185 Å². The molecule has 6 aliphatic heterocycles. The van der Waals surface area contributed by atoms with Crippen molar-refractivity contribution in [2.24, 2.45) is 79.8 Å². The lowest BCUT2D eigenvalue weighted by atomic mass is 9.42. The average molecular weight is 993 g/mol. The Morgan fingerprint density at radius 1 is 0.814 bits per heavy atom. The summed E-state index contributed by atoms with van der Waals surface area (Å²) in [6.45, 7) is 26.0. The smallest absolute Gasteiger partial charge is 0.387 e. The van der Waals surface area contributed by atoms with Gasteiger partial charge < -0.3 is 34.3 Å². The van der Waals surface area contributed by atoms with Crippen molar-refractivity contribution < 1.29 is 51.4 Å². The summed E-state index contributed by atoms with van der Waals surface area (Å²) in [6, 6.07) is 0. The minimum absolute atomic E-state index is 0.00938. The first-order valence-electron chi connectivity index (χ1n) is 28.1. The summed E-state index contributed by atoms with van der Waals surface area (Å²) in [5.41, 5.74) is 4.81. The van der Waals surface area contributed by atoms with Gasteiger partial charge in [0.05, 0.1) is 42.7 Å². The molecule has 0 amide bonds. The maximum atomic E-state index is 12.6. The van der Waals surface area contributed by atoms with Crippen LogP contribution < -0.4 is 0 Å². The zero-order valence-electron chi connectivity index (χ0n) is 44.5. The highest BCUT2D eigenvalue weighted by molar-refractivity contribution is 7.80. The second-order valence-corrected chi connectivity index (χ2v) is 29.7. The van der Waals surface area contributed by atoms with Gasteiger partial charge in [-0.2, -0.15) is 8.42 Å². The molecule has 6 saturated heterocycles. The van der Waals surface area contributed by atoms with E-state index < -0.39 is 50.9 Å². The molecule has 6 heterocycles. The standard InChI is InChI=1S/C58H88O11S/c1-32(37-14-16-39-35-13-18-45-49(3,4)57(60)25-24-55(45,30-65-57)41(35)20-22-52(37,39)9)12-19-47-54(11)28-34(51(7,8)69-54)26-43(67-47)33(2)38-15-17-40-36-27-44(68-70(62,63)64)48-50(5,6)58(61)46(59)29-56(48,31-66-58)42(36)21-23-53(38,40)10/h18,32-34,37-40,43-44,46-48,59-61H,12-17,19-31H2,1-11H3,(H,62,63,64)/t32-,33+,34-,37-,38-,39+,40+,43-,44+,46+,47+,48+,52-,53-,54-,55+,56+,57+,58+/m1/s1. The lowest BCUT2D eigenvalue weighted by molar-refractivity contribution is -0.408. The number of aliphatic hydroxyl groups is 3. The van der Waals surface area contributed by atoms with Gasteiger partial charge in [-0.05, 0) is 176 Å². The van der Waals surface area contributed by atoms with Crippen LogP contribution in [0, 0.1) is 79.8 Å². The van der Waals surface area contributed by atoms with Gasteiger partial charge in [0.1, 0.15) is 6.10 Å². The second-order valence-electron chi connectivity index (χ2n) is 28.7. The van der Waals surface area contributed by atoms with Gasteiger partial charge in [0.2, 0.25) is 0 Å². The lowest BCUT2D eigenvalue weighted by Crippen LogP contribution is -2.76. The third kappa shape index (κ3) is 6.39.